The summed E-state index contributed by atoms with van der Waals surface area (Å²) in [5.74, 6) is -2.61. The molecule has 276 valence electrons. The van der Waals surface area contributed by atoms with Crippen LogP contribution >= 0.6 is 0 Å². The van der Waals surface area contributed by atoms with E-state index in [2.05, 4.69) is 20.3 Å². The molecule has 1 saturated heterocycles. The number of nitrogens with one attached hydrogen (secondary N) is 1. The van der Waals surface area contributed by atoms with Gasteiger partial charge in [0.2, 0.25) is 12.0 Å². The Balaban J connectivity index is 1.24. The number of amidine groups is 1. The van der Waals surface area contributed by atoms with Gasteiger partial charge < -0.3 is 64.7 Å². The highest BCUT2D eigenvalue weighted by molar-refractivity contribution is 6.14. The minimum absolute atomic E-state index is 0.00564. The SMILES string of the molecule is CNCCOc1c(O[C@@H]2O[C@H](C(=O)O)[C@](O)(CC3=NC=NC3)[C@@H](O)[C@H]2O)cc2c(c1O)C(O)=CC(c1ccc(OC[C@H](O)C3=NC(=[NH2+])C=C3)cc1)O2. The Labute approximate surface area is 295 Å². The molecular weight excluding hydrogens is 686 g/mol. The molecule has 4 aliphatic rings. The lowest BCUT2D eigenvalue weighted by atomic mass is 9.80. The number of likely N-dealkylation sites (N-methyl/N-ethyl adjacent to an activating group) is 1. The van der Waals surface area contributed by atoms with E-state index in [4.69, 9.17) is 29.1 Å². The Morgan fingerprint density at radius 3 is 2.60 bits per heavy atom. The van der Waals surface area contributed by atoms with Gasteiger partial charge in [-0.15, -0.1) is 0 Å². The second-order valence-electron chi connectivity index (χ2n) is 12.3. The molecule has 4 heterocycles. The van der Waals surface area contributed by atoms with Crippen LogP contribution in [0.2, 0.25) is 0 Å². The maximum atomic E-state index is 12.3. The number of benzene rings is 2. The molecule has 2 aromatic rings. The third-order valence-electron chi connectivity index (χ3n) is 8.63. The highest BCUT2D eigenvalue weighted by Gasteiger charge is 2.59. The van der Waals surface area contributed by atoms with Gasteiger partial charge in [0.25, 0.3) is 0 Å². The average molecular weight is 725 g/mol. The molecule has 1 unspecified atom stereocenters. The maximum Gasteiger partial charge on any atom is 0.336 e. The van der Waals surface area contributed by atoms with Crippen molar-refractivity contribution in [2.75, 3.05) is 33.4 Å². The van der Waals surface area contributed by atoms with Gasteiger partial charge in [-0.05, 0) is 35.8 Å². The number of rotatable bonds is 14. The summed E-state index contributed by atoms with van der Waals surface area (Å²) in [5, 5.41) is 84.6. The summed E-state index contributed by atoms with van der Waals surface area (Å²) < 4.78 is 29.0. The number of ether oxygens (including phenoxy) is 5. The molecule has 0 saturated carbocycles. The van der Waals surface area contributed by atoms with Crippen LogP contribution in [0.25, 0.3) is 5.76 Å². The fraction of sp³-hybridized carbons (Fsp3) is 0.382. The first-order valence-electron chi connectivity index (χ1n) is 16.1. The van der Waals surface area contributed by atoms with Crippen molar-refractivity contribution in [3.8, 4) is 28.7 Å². The molecule has 18 nitrogen and oxygen atoms in total. The van der Waals surface area contributed by atoms with Crippen molar-refractivity contribution in [2.45, 2.75) is 48.8 Å². The summed E-state index contributed by atoms with van der Waals surface area (Å²) in [6.07, 6.45) is -4.70. The Kier molecular flexibility index (Phi) is 10.6. The third kappa shape index (κ3) is 7.33. The van der Waals surface area contributed by atoms with Crippen molar-refractivity contribution in [3.05, 3.63) is 59.7 Å². The number of phenolic OH excluding ortho intramolecular Hbond substituents is 1. The number of fused-ring (bicyclic) bond motifs is 1. The van der Waals surface area contributed by atoms with Crippen LogP contribution in [0.5, 0.6) is 28.7 Å². The number of aliphatic imine (C=N–C) groups is 3. The number of aliphatic hydroxyl groups is 5. The van der Waals surface area contributed by atoms with Crippen LogP contribution in [-0.2, 0) is 9.53 Å². The lowest BCUT2D eigenvalue weighted by molar-refractivity contribution is -0.303. The van der Waals surface area contributed by atoms with E-state index in [1.165, 1.54) is 18.5 Å². The Hall–Kier alpha value is -5.37. The van der Waals surface area contributed by atoms with E-state index < -0.39 is 60.6 Å². The molecule has 0 spiro atoms. The zero-order chi connectivity index (χ0) is 37.2. The predicted octanol–water partition coefficient (Wildman–Crippen LogP) is -1.55. The molecule has 10 N–H and O–H groups in total. The monoisotopic (exact) mass is 724 g/mol. The number of nitrogens with two attached hydrogens (primary N) is 1. The number of aliphatic carboxylic acids is 1. The maximum absolute atomic E-state index is 12.3. The minimum Gasteiger partial charge on any atom is -0.507 e. The van der Waals surface area contributed by atoms with Crippen molar-refractivity contribution in [1.29, 1.82) is 0 Å². The second kappa shape index (κ2) is 15.1. The Bertz CT molecular complexity index is 1860. The zero-order valence-electron chi connectivity index (χ0n) is 27.7. The standard InChI is InChI=1S/C34H37N5O13/c1-36-8-9-48-29-24(51-33-28(43)30(44)34(47,31(52-33)32(45)46)12-17-13-37-15-38-17)11-23-26(27(29)42)20(40)10-22(50-23)16-2-4-18(5-3-16)49-14-21(41)19-6-7-25(35)39-19/h2-7,10-11,15,21-22,28,30-31,33,35-36,40-44,47H,8-9,12-14H2,1H3,(H,45,46)/p+1/t21-,22?,28+,30-,31+,33+,34-/m0/s1. The molecule has 6 rings (SSSR count). The van der Waals surface area contributed by atoms with E-state index in [1.807, 2.05) is 0 Å². The average Bonchev–Trinajstić information content (AvgIpc) is 3.80. The van der Waals surface area contributed by atoms with Crippen molar-refractivity contribution in [3.63, 3.8) is 0 Å². The van der Waals surface area contributed by atoms with E-state index in [9.17, 15) is 40.5 Å². The summed E-state index contributed by atoms with van der Waals surface area (Å²) in [6.45, 7) is 0.288. The summed E-state index contributed by atoms with van der Waals surface area (Å²) in [5.41, 5.74) is -1.45. The van der Waals surface area contributed by atoms with Gasteiger partial charge in [0.05, 0.1) is 6.54 Å². The quantitative estimate of drug-likeness (QED) is 0.0998. The third-order valence-corrected chi connectivity index (χ3v) is 8.63. The van der Waals surface area contributed by atoms with E-state index in [0.717, 1.165) is 0 Å². The first kappa shape index (κ1) is 36.4. The van der Waals surface area contributed by atoms with Crippen LogP contribution in [-0.4, -0.2) is 135 Å². The molecule has 52 heavy (non-hydrogen) atoms. The van der Waals surface area contributed by atoms with Crippen LogP contribution in [0.4, 0.5) is 0 Å². The number of aliphatic hydroxyl groups excluding tert-OH is 4. The number of carbonyl (C=O) groups is 1. The highest BCUT2D eigenvalue weighted by atomic mass is 16.7. The minimum atomic E-state index is -2.51. The summed E-state index contributed by atoms with van der Waals surface area (Å²) in [4.78, 5) is 24.2. The summed E-state index contributed by atoms with van der Waals surface area (Å²) >= 11 is 0. The van der Waals surface area contributed by atoms with E-state index in [-0.39, 0.29) is 59.9 Å². The van der Waals surface area contributed by atoms with Gasteiger partial charge in [0.1, 0.15) is 66.3 Å². The zero-order valence-corrected chi connectivity index (χ0v) is 27.7. The number of phenols is 1. The molecule has 18 heteroatoms. The van der Waals surface area contributed by atoms with Crippen LogP contribution in [0.1, 0.15) is 23.7 Å². The normalized spacial score (nSPS) is 26.9. The molecule has 0 amide bonds. The highest BCUT2D eigenvalue weighted by Crippen LogP contribution is 2.51. The molecule has 4 aliphatic heterocycles. The van der Waals surface area contributed by atoms with E-state index in [1.54, 1.807) is 43.5 Å². The van der Waals surface area contributed by atoms with Gasteiger partial charge in [-0.25, -0.2) is 9.79 Å². The van der Waals surface area contributed by atoms with E-state index in [0.29, 0.717) is 23.6 Å². The summed E-state index contributed by atoms with van der Waals surface area (Å²) in [7, 11) is 1.67. The smallest absolute Gasteiger partial charge is 0.336 e. The van der Waals surface area contributed by atoms with E-state index >= 15 is 0 Å². The number of carboxylic acid groups (broad SMARTS) is 1. The van der Waals surface area contributed by atoms with Crippen molar-refractivity contribution < 1.29 is 69.6 Å². The first-order valence-corrected chi connectivity index (χ1v) is 16.1. The number of carboxylic acids is 1. The van der Waals surface area contributed by atoms with Crippen LogP contribution < -0.4 is 29.7 Å². The molecule has 7 atom stereocenters. The molecule has 0 aromatic heterocycles. The lowest BCUT2D eigenvalue weighted by Crippen LogP contribution is -2.69. The molecular formula is C34H38N5O13+. The van der Waals surface area contributed by atoms with Crippen molar-refractivity contribution >= 4 is 35.3 Å². The molecule has 0 bridgehead atoms. The van der Waals surface area contributed by atoms with Gasteiger partial charge in [-0.1, -0.05) is 12.1 Å². The Morgan fingerprint density at radius 2 is 1.94 bits per heavy atom. The van der Waals surface area contributed by atoms with Crippen molar-refractivity contribution in [2.24, 2.45) is 15.0 Å². The molecule has 0 radical (unpaired) electrons. The second-order valence-corrected chi connectivity index (χ2v) is 12.3. The van der Waals surface area contributed by atoms with Gasteiger partial charge in [-0.3, -0.25) is 10.4 Å². The number of nitrogens with zero attached hydrogens (tertiary/aromatic N) is 3. The van der Waals surface area contributed by atoms with Gasteiger partial charge in [0, 0.05) is 36.9 Å². The predicted molar refractivity (Wildman–Crippen MR) is 182 cm³/mol. The number of aromatic hydroxyl groups is 1. The molecule has 0 aliphatic carbocycles. The van der Waals surface area contributed by atoms with Gasteiger partial charge in [-0.2, -0.15) is 0 Å². The number of hydrogen-bond acceptors (Lipinski definition) is 15. The van der Waals surface area contributed by atoms with Crippen LogP contribution in [0.15, 0.2) is 63.5 Å². The first-order chi connectivity index (χ1) is 24.9. The Morgan fingerprint density at radius 1 is 1.17 bits per heavy atom. The molecule has 2 aromatic carbocycles. The number of hydrogen-bond donors (Lipinski definition) is 9. The lowest BCUT2D eigenvalue weighted by Gasteiger charge is -2.46. The summed E-state index contributed by atoms with van der Waals surface area (Å²) in [6, 6.07) is 7.82. The fourth-order valence-corrected chi connectivity index (χ4v) is 5.94. The van der Waals surface area contributed by atoms with Crippen LogP contribution in [0, 0.1) is 0 Å². The molecule has 1 fully saturated rings. The largest absolute Gasteiger partial charge is 0.507 e. The van der Waals surface area contributed by atoms with Gasteiger partial charge in [0.15, 0.2) is 29.4 Å². The van der Waals surface area contributed by atoms with Gasteiger partial charge >= 0.3 is 11.8 Å². The fourth-order valence-electron chi connectivity index (χ4n) is 5.94. The van der Waals surface area contributed by atoms with Crippen LogP contribution in [0.3, 0.4) is 0 Å². The topological polar surface area (TPSA) is 280 Å². The van der Waals surface area contributed by atoms with Crippen molar-refractivity contribution in [1.82, 2.24) is 5.32 Å².